The van der Waals surface area contributed by atoms with Gasteiger partial charge in [0.05, 0.1) is 13.0 Å². The quantitative estimate of drug-likeness (QED) is 0.464. The fourth-order valence-corrected chi connectivity index (χ4v) is 4.17. The number of carbonyl (C=O) groups is 3. The molecule has 1 aliphatic carbocycles. The number of ether oxygens (including phenoxy) is 1. The molecule has 34 heavy (non-hydrogen) atoms. The van der Waals surface area contributed by atoms with Crippen LogP contribution in [0.15, 0.2) is 59.3 Å². The summed E-state index contributed by atoms with van der Waals surface area (Å²) in [7, 11) is 0. The van der Waals surface area contributed by atoms with Gasteiger partial charge in [0, 0.05) is 11.5 Å². The molecule has 0 saturated heterocycles. The molecule has 1 aromatic heterocycles. The Kier molecular flexibility index (Phi) is 6.36. The van der Waals surface area contributed by atoms with Crippen molar-refractivity contribution in [2.45, 2.75) is 38.3 Å². The molecule has 2 aromatic carbocycles. The molecule has 0 aliphatic heterocycles. The highest BCUT2D eigenvalue weighted by Gasteiger charge is 2.30. The van der Waals surface area contributed by atoms with Crippen molar-refractivity contribution < 1.29 is 28.6 Å². The van der Waals surface area contributed by atoms with E-state index in [-0.39, 0.29) is 36.9 Å². The number of benzene rings is 2. The number of oxazole rings is 1. The lowest BCUT2D eigenvalue weighted by Crippen LogP contribution is -2.45. The van der Waals surface area contributed by atoms with E-state index in [9.17, 15) is 14.4 Å². The minimum Gasteiger partial charge on any atom is -0.481 e. The van der Waals surface area contributed by atoms with Crippen LogP contribution in [-0.4, -0.2) is 40.2 Å². The molecule has 0 radical (unpaired) electrons. The number of nitrogens with one attached hydrogen (secondary N) is 2. The fraction of sp³-hybridized carbons (Fsp3) is 0.280. The Bertz CT molecular complexity index is 1190. The number of nitrogens with zero attached hydrogens (tertiary/aromatic N) is 1. The minimum absolute atomic E-state index is 0.0302. The average Bonchev–Trinajstić information content (AvgIpc) is 3.38. The lowest BCUT2D eigenvalue weighted by Gasteiger charge is -2.23. The van der Waals surface area contributed by atoms with Gasteiger partial charge in [-0.1, -0.05) is 48.5 Å². The van der Waals surface area contributed by atoms with E-state index in [2.05, 4.69) is 27.8 Å². The second kappa shape index (κ2) is 9.38. The van der Waals surface area contributed by atoms with Gasteiger partial charge in [-0.25, -0.2) is 9.78 Å². The van der Waals surface area contributed by atoms with Crippen LogP contribution in [0.5, 0.6) is 0 Å². The van der Waals surface area contributed by atoms with Crippen molar-refractivity contribution >= 4 is 18.0 Å². The third-order valence-corrected chi connectivity index (χ3v) is 5.64. The standard InChI is InChI=1S/C25H25N3O6/c1-25(2,11-21(29)30)28-23(31)22-20(34-14-27-22)12-26-24(32)33-13-19-17-9-5-3-7-15(17)16-8-4-6-10-18(16)19/h3-10,14,19H,11-13H2,1-2H3,(H,26,32)(H,28,31)(H,29,30). The topological polar surface area (TPSA) is 131 Å². The molecule has 3 aromatic rings. The molecule has 1 aliphatic rings. The maximum absolute atomic E-state index is 12.5. The first kappa shape index (κ1) is 23.0. The summed E-state index contributed by atoms with van der Waals surface area (Å²) in [5.41, 5.74) is 3.46. The van der Waals surface area contributed by atoms with E-state index in [1.54, 1.807) is 13.8 Å². The van der Waals surface area contributed by atoms with Crippen LogP contribution in [0.3, 0.4) is 0 Å². The van der Waals surface area contributed by atoms with E-state index in [4.69, 9.17) is 14.3 Å². The van der Waals surface area contributed by atoms with Gasteiger partial charge in [-0.2, -0.15) is 0 Å². The Labute approximate surface area is 196 Å². The van der Waals surface area contributed by atoms with Crippen LogP contribution in [-0.2, 0) is 16.1 Å². The normalized spacial score (nSPS) is 12.5. The summed E-state index contributed by atoms with van der Waals surface area (Å²) in [4.78, 5) is 39.8. The summed E-state index contributed by atoms with van der Waals surface area (Å²) >= 11 is 0. The van der Waals surface area contributed by atoms with Crippen LogP contribution >= 0.6 is 0 Å². The molecule has 1 heterocycles. The third-order valence-electron chi connectivity index (χ3n) is 5.64. The van der Waals surface area contributed by atoms with E-state index in [1.165, 1.54) is 0 Å². The lowest BCUT2D eigenvalue weighted by atomic mass is 9.98. The third kappa shape index (κ3) is 4.93. The number of carboxylic acid groups (broad SMARTS) is 1. The van der Waals surface area contributed by atoms with Crippen LogP contribution in [0.2, 0.25) is 0 Å². The number of fused-ring (bicyclic) bond motifs is 3. The SMILES string of the molecule is CC(C)(CC(=O)O)NC(=O)c1ncoc1CNC(=O)OCC1c2ccccc2-c2ccccc21. The van der Waals surface area contributed by atoms with E-state index < -0.39 is 23.5 Å². The monoisotopic (exact) mass is 463 g/mol. The zero-order valence-corrected chi connectivity index (χ0v) is 18.8. The Morgan fingerprint density at radius 2 is 1.68 bits per heavy atom. The van der Waals surface area contributed by atoms with Crippen molar-refractivity contribution in [1.29, 1.82) is 0 Å². The molecule has 4 rings (SSSR count). The Hall–Kier alpha value is -4.14. The number of aromatic nitrogens is 1. The number of carbonyl (C=O) groups excluding carboxylic acids is 2. The van der Waals surface area contributed by atoms with Gasteiger partial charge in [0.2, 0.25) is 0 Å². The Morgan fingerprint density at radius 3 is 2.29 bits per heavy atom. The Morgan fingerprint density at radius 1 is 1.06 bits per heavy atom. The summed E-state index contributed by atoms with van der Waals surface area (Å²) in [6.45, 7) is 3.23. The summed E-state index contributed by atoms with van der Waals surface area (Å²) in [5.74, 6) is -1.56. The van der Waals surface area contributed by atoms with Crippen LogP contribution in [0.1, 0.15) is 53.6 Å². The second-order valence-electron chi connectivity index (χ2n) is 8.71. The first-order chi connectivity index (χ1) is 16.2. The van der Waals surface area contributed by atoms with Gasteiger partial charge in [-0.15, -0.1) is 0 Å². The van der Waals surface area contributed by atoms with E-state index in [0.29, 0.717) is 0 Å². The zero-order chi connectivity index (χ0) is 24.3. The lowest BCUT2D eigenvalue weighted by molar-refractivity contribution is -0.138. The van der Waals surface area contributed by atoms with Crippen LogP contribution < -0.4 is 10.6 Å². The molecule has 0 bridgehead atoms. The van der Waals surface area contributed by atoms with Crippen LogP contribution in [0, 0.1) is 0 Å². The highest BCUT2D eigenvalue weighted by molar-refractivity contribution is 5.94. The van der Waals surface area contributed by atoms with Crippen molar-refractivity contribution in [3.05, 3.63) is 77.5 Å². The predicted octanol–water partition coefficient (Wildman–Crippen LogP) is 3.70. The zero-order valence-electron chi connectivity index (χ0n) is 18.8. The maximum atomic E-state index is 12.5. The smallest absolute Gasteiger partial charge is 0.407 e. The molecule has 0 spiro atoms. The summed E-state index contributed by atoms with van der Waals surface area (Å²) in [6.07, 6.45) is 0.174. The van der Waals surface area contributed by atoms with Gasteiger partial charge in [-0.05, 0) is 36.1 Å². The minimum atomic E-state index is -1.04. The summed E-state index contributed by atoms with van der Waals surface area (Å²) in [6, 6.07) is 16.1. The molecule has 9 nitrogen and oxygen atoms in total. The molecule has 9 heteroatoms. The fourth-order valence-electron chi connectivity index (χ4n) is 4.17. The van der Waals surface area contributed by atoms with E-state index in [0.717, 1.165) is 28.6 Å². The van der Waals surface area contributed by atoms with Crippen molar-refractivity contribution in [3.63, 3.8) is 0 Å². The number of carboxylic acids is 1. The highest BCUT2D eigenvalue weighted by Crippen LogP contribution is 2.44. The van der Waals surface area contributed by atoms with Gasteiger partial charge in [0.15, 0.2) is 17.8 Å². The van der Waals surface area contributed by atoms with Crippen LogP contribution in [0.25, 0.3) is 11.1 Å². The molecule has 3 N–H and O–H groups in total. The molecule has 0 unspecified atom stereocenters. The Balaban J connectivity index is 1.35. The van der Waals surface area contributed by atoms with Gasteiger partial charge >= 0.3 is 12.1 Å². The highest BCUT2D eigenvalue weighted by atomic mass is 16.5. The van der Waals surface area contributed by atoms with Gasteiger partial charge in [0.1, 0.15) is 6.61 Å². The number of alkyl carbamates (subject to hydrolysis) is 1. The van der Waals surface area contributed by atoms with Crippen molar-refractivity contribution in [3.8, 4) is 11.1 Å². The molecule has 0 saturated carbocycles. The van der Waals surface area contributed by atoms with Gasteiger partial charge in [0.25, 0.3) is 5.91 Å². The van der Waals surface area contributed by atoms with Crippen LogP contribution in [0.4, 0.5) is 4.79 Å². The number of rotatable bonds is 8. The number of hydrogen-bond acceptors (Lipinski definition) is 6. The van der Waals surface area contributed by atoms with E-state index in [1.807, 2.05) is 36.4 Å². The second-order valence-corrected chi connectivity index (χ2v) is 8.71. The molecule has 0 fully saturated rings. The van der Waals surface area contributed by atoms with Gasteiger partial charge < -0.3 is 24.9 Å². The molecule has 0 atom stereocenters. The first-order valence-electron chi connectivity index (χ1n) is 10.8. The first-order valence-corrected chi connectivity index (χ1v) is 10.8. The van der Waals surface area contributed by atoms with Gasteiger partial charge in [-0.3, -0.25) is 9.59 Å². The molecular weight excluding hydrogens is 438 g/mol. The van der Waals surface area contributed by atoms with Crippen molar-refractivity contribution in [2.75, 3.05) is 6.61 Å². The van der Waals surface area contributed by atoms with E-state index >= 15 is 0 Å². The average molecular weight is 463 g/mol. The molecule has 176 valence electrons. The van der Waals surface area contributed by atoms with Crippen molar-refractivity contribution in [2.24, 2.45) is 0 Å². The number of hydrogen-bond donors (Lipinski definition) is 3. The largest absolute Gasteiger partial charge is 0.481 e. The predicted molar refractivity (Wildman–Crippen MR) is 122 cm³/mol. The molecular formula is C25H25N3O6. The van der Waals surface area contributed by atoms with Crippen molar-refractivity contribution in [1.82, 2.24) is 15.6 Å². The maximum Gasteiger partial charge on any atom is 0.407 e. The summed E-state index contributed by atoms with van der Waals surface area (Å²) in [5, 5.41) is 14.2. The summed E-state index contributed by atoms with van der Waals surface area (Å²) < 4.78 is 10.7. The number of aliphatic carboxylic acids is 1. The molecule has 2 amide bonds. The number of amides is 2.